The Kier molecular flexibility index (Phi) is 6.43. The fraction of sp³-hybridized carbons (Fsp3) is 0.286. The Morgan fingerprint density at radius 1 is 0.971 bits per heavy atom. The van der Waals surface area contributed by atoms with Crippen LogP contribution in [-0.4, -0.2) is 61.1 Å². The van der Waals surface area contributed by atoms with E-state index in [0.717, 1.165) is 72.8 Å². The Bertz CT molecular complexity index is 1210. The van der Waals surface area contributed by atoms with Gasteiger partial charge < -0.3 is 15.5 Å². The van der Waals surface area contributed by atoms with E-state index >= 15 is 0 Å². The molecule has 0 radical (unpaired) electrons. The number of hydrogen-bond donors (Lipinski definition) is 2. The molecule has 2 aromatic carbocycles. The number of fused-ring (bicyclic) bond motifs is 1. The van der Waals surface area contributed by atoms with E-state index in [4.69, 9.17) is 4.98 Å². The molecule has 2 aliphatic rings. The van der Waals surface area contributed by atoms with Crippen molar-refractivity contribution in [3.63, 3.8) is 0 Å². The van der Waals surface area contributed by atoms with Crippen LogP contribution in [0.25, 0.3) is 16.7 Å². The summed E-state index contributed by atoms with van der Waals surface area (Å²) in [7, 11) is 3.80. The van der Waals surface area contributed by atoms with Crippen molar-refractivity contribution in [3.8, 4) is 11.1 Å². The van der Waals surface area contributed by atoms with Gasteiger partial charge in [-0.15, -0.1) is 0 Å². The van der Waals surface area contributed by atoms with Crippen molar-refractivity contribution in [2.45, 2.75) is 13.0 Å². The molecule has 1 aliphatic carbocycles. The minimum atomic E-state index is -0.224. The highest BCUT2D eigenvalue weighted by Crippen LogP contribution is 2.35. The van der Waals surface area contributed by atoms with Crippen molar-refractivity contribution >= 4 is 17.3 Å². The van der Waals surface area contributed by atoms with Crippen LogP contribution in [0.5, 0.6) is 0 Å². The third kappa shape index (κ3) is 4.88. The maximum Gasteiger partial charge on any atom is 0.318 e. The van der Waals surface area contributed by atoms with Crippen molar-refractivity contribution in [1.82, 2.24) is 20.1 Å². The summed E-state index contributed by atoms with van der Waals surface area (Å²) in [6, 6.07) is 18.9. The minimum Gasteiger partial charge on any atom is -0.341 e. The number of anilines is 1. The van der Waals surface area contributed by atoms with E-state index in [9.17, 15) is 4.79 Å². The molecule has 6 heteroatoms. The van der Waals surface area contributed by atoms with Gasteiger partial charge in [-0.3, -0.25) is 9.88 Å². The van der Waals surface area contributed by atoms with Crippen LogP contribution in [-0.2, 0) is 13.0 Å². The normalized spacial score (nSPS) is 16.1. The third-order valence-corrected chi connectivity index (χ3v) is 6.71. The van der Waals surface area contributed by atoms with Gasteiger partial charge in [-0.1, -0.05) is 42.5 Å². The van der Waals surface area contributed by atoms with E-state index in [1.807, 2.05) is 24.4 Å². The van der Waals surface area contributed by atoms with Crippen molar-refractivity contribution in [2.24, 2.45) is 0 Å². The van der Waals surface area contributed by atoms with Gasteiger partial charge in [0.15, 0.2) is 0 Å². The third-order valence-electron chi connectivity index (χ3n) is 6.71. The number of carbonyl (C=O) groups excluding carboxylic acids is 1. The SMILES string of the molecule is CNC(=O)Nc1cccc(C2=CCc3ncc(-c4ccc(CN5CCN(C)CC5)cc4)cc32)c1. The molecule has 1 saturated heterocycles. The molecule has 0 bridgehead atoms. The summed E-state index contributed by atoms with van der Waals surface area (Å²) in [5.41, 5.74) is 8.92. The molecule has 0 atom stereocenters. The zero-order chi connectivity index (χ0) is 23.5. The van der Waals surface area contributed by atoms with E-state index in [1.54, 1.807) is 7.05 Å². The van der Waals surface area contributed by atoms with Gasteiger partial charge in [0.2, 0.25) is 0 Å². The van der Waals surface area contributed by atoms with Gasteiger partial charge in [0.1, 0.15) is 0 Å². The number of nitrogens with one attached hydrogen (secondary N) is 2. The Balaban J connectivity index is 1.34. The molecular weight excluding hydrogens is 422 g/mol. The number of aromatic nitrogens is 1. The molecule has 2 amide bonds. The summed E-state index contributed by atoms with van der Waals surface area (Å²) in [5.74, 6) is 0. The van der Waals surface area contributed by atoms with Crippen LogP contribution in [0.3, 0.4) is 0 Å². The summed E-state index contributed by atoms with van der Waals surface area (Å²) in [6.07, 6.45) is 5.02. The van der Waals surface area contributed by atoms with E-state index in [0.29, 0.717) is 0 Å². The summed E-state index contributed by atoms with van der Waals surface area (Å²) in [6.45, 7) is 5.53. The molecule has 2 N–H and O–H groups in total. The predicted octanol–water partition coefficient (Wildman–Crippen LogP) is 4.24. The second kappa shape index (κ2) is 9.79. The molecule has 174 valence electrons. The summed E-state index contributed by atoms with van der Waals surface area (Å²) < 4.78 is 0. The lowest BCUT2D eigenvalue weighted by atomic mass is 9.97. The van der Waals surface area contributed by atoms with Crippen LogP contribution >= 0.6 is 0 Å². The molecule has 1 aliphatic heterocycles. The van der Waals surface area contributed by atoms with E-state index in [1.165, 1.54) is 11.1 Å². The Morgan fingerprint density at radius 2 is 1.76 bits per heavy atom. The van der Waals surface area contributed by atoms with E-state index in [2.05, 4.69) is 70.0 Å². The maximum absolute atomic E-state index is 11.7. The van der Waals surface area contributed by atoms with Crippen LogP contribution in [0, 0.1) is 0 Å². The van der Waals surface area contributed by atoms with E-state index in [-0.39, 0.29) is 6.03 Å². The van der Waals surface area contributed by atoms with Gasteiger partial charge in [-0.25, -0.2) is 4.79 Å². The highest BCUT2D eigenvalue weighted by Gasteiger charge is 2.19. The van der Waals surface area contributed by atoms with Gasteiger partial charge in [0, 0.05) is 69.2 Å². The maximum atomic E-state index is 11.7. The van der Waals surface area contributed by atoms with Crippen LogP contribution < -0.4 is 10.6 Å². The molecule has 1 aromatic heterocycles. The largest absolute Gasteiger partial charge is 0.341 e. The molecule has 34 heavy (non-hydrogen) atoms. The number of pyridine rings is 1. The number of nitrogens with zero attached hydrogens (tertiary/aromatic N) is 3. The van der Waals surface area contributed by atoms with Gasteiger partial charge >= 0.3 is 6.03 Å². The number of urea groups is 1. The number of carbonyl (C=O) groups is 1. The highest BCUT2D eigenvalue weighted by molar-refractivity contribution is 5.91. The van der Waals surface area contributed by atoms with Gasteiger partial charge in [0.25, 0.3) is 0 Å². The Hall–Kier alpha value is -3.48. The average molecular weight is 454 g/mol. The molecule has 1 fully saturated rings. The van der Waals surface area contributed by atoms with Gasteiger partial charge in [-0.2, -0.15) is 0 Å². The molecule has 2 heterocycles. The first kappa shape index (κ1) is 22.3. The zero-order valence-electron chi connectivity index (χ0n) is 19.8. The van der Waals surface area contributed by atoms with Crippen LogP contribution in [0.15, 0.2) is 66.9 Å². The molecular formula is C28H31N5O. The smallest absolute Gasteiger partial charge is 0.318 e. The highest BCUT2D eigenvalue weighted by atomic mass is 16.2. The number of likely N-dealkylation sites (N-methyl/N-ethyl adjacent to an activating group) is 1. The summed E-state index contributed by atoms with van der Waals surface area (Å²) >= 11 is 0. The Labute approximate surface area is 201 Å². The molecule has 5 rings (SSSR count). The van der Waals surface area contributed by atoms with Crippen molar-refractivity contribution < 1.29 is 4.79 Å². The number of allylic oxidation sites excluding steroid dienone is 1. The fourth-order valence-electron chi connectivity index (χ4n) is 4.65. The summed E-state index contributed by atoms with van der Waals surface area (Å²) in [4.78, 5) is 21.4. The van der Waals surface area contributed by atoms with Gasteiger partial charge in [-0.05, 0) is 47.5 Å². The zero-order valence-corrected chi connectivity index (χ0v) is 19.8. The minimum absolute atomic E-state index is 0.224. The number of amides is 2. The van der Waals surface area contributed by atoms with E-state index < -0.39 is 0 Å². The lowest BCUT2D eigenvalue weighted by molar-refractivity contribution is 0.148. The first-order valence-electron chi connectivity index (χ1n) is 11.9. The molecule has 6 nitrogen and oxygen atoms in total. The van der Waals surface area contributed by atoms with Crippen molar-refractivity contribution in [3.05, 3.63) is 89.3 Å². The lowest BCUT2D eigenvalue weighted by Crippen LogP contribution is -2.43. The number of hydrogen-bond acceptors (Lipinski definition) is 4. The van der Waals surface area contributed by atoms with Crippen LogP contribution in [0.4, 0.5) is 10.5 Å². The van der Waals surface area contributed by atoms with Crippen LogP contribution in [0.1, 0.15) is 22.4 Å². The van der Waals surface area contributed by atoms with Crippen LogP contribution in [0.2, 0.25) is 0 Å². The lowest BCUT2D eigenvalue weighted by Gasteiger charge is -2.32. The Morgan fingerprint density at radius 3 is 2.53 bits per heavy atom. The number of piperazine rings is 1. The molecule has 0 spiro atoms. The average Bonchev–Trinajstić information content (AvgIpc) is 3.29. The first-order chi connectivity index (χ1) is 16.6. The monoisotopic (exact) mass is 453 g/mol. The summed E-state index contributed by atoms with van der Waals surface area (Å²) in [5, 5.41) is 5.45. The quantitative estimate of drug-likeness (QED) is 0.607. The fourth-order valence-corrected chi connectivity index (χ4v) is 4.65. The number of rotatable bonds is 5. The van der Waals surface area contributed by atoms with Crippen molar-refractivity contribution in [1.29, 1.82) is 0 Å². The molecule has 3 aromatic rings. The molecule has 0 unspecified atom stereocenters. The van der Waals surface area contributed by atoms with Gasteiger partial charge in [0.05, 0.1) is 5.69 Å². The van der Waals surface area contributed by atoms with Crippen molar-refractivity contribution in [2.75, 3.05) is 45.6 Å². The second-order valence-corrected chi connectivity index (χ2v) is 9.10. The molecule has 0 saturated carbocycles. The standard InChI is InChI=1S/C28H31N5O/c1-29-28(34)31-24-5-3-4-22(16-24)25-10-11-27-26(25)17-23(18-30-27)21-8-6-20(7-9-21)19-33-14-12-32(2)13-15-33/h3-10,16-18H,11-15,19H2,1-2H3,(H2,29,31,34). The first-order valence-corrected chi connectivity index (χ1v) is 11.9. The second-order valence-electron chi connectivity index (χ2n) is 9.10. The topological polar surface area (TPSA) is 60.5 Å². The number of benzene rings is 2. The predicted molar refractivity (Wildman–Crippen MR) is 138 cm³/mol.